The van der Waals surface area contributed by atoms with Gasteiger partial charge in [-0.05, 0) is 50.1 Å². The van der Waals surface area contributed by atoms with Crippen molar-refractivity contribution in [2.75, 3.05) is 17.7 Å². The molecule has 0 saturated carbocycles. The zero-order chi connectivity index (χ0) is 14.7. The van der Waals surface area contributed by atoms with E-state index in [1.807, 2.05) is 58.2 Å². The zero-order valence-corrected chi connectivity index (χ0v) is 12.4. The predicted molar refractivity (Wildman–Crippen MR) is 84.6 cm³/mol. The Kier molecular flexibility index (Phi) is 4.08. The van der Waals surface area contributed by atoms with Crippen LogP contribution in [0, 0.1) is 20.8 Å². The van der Waals surface area contributed by atoms with E-state index in [0.29, 0.717) is 5.56 Å². The SMILES string of the molecule is CNc1cc(C)ccc1C(=O)Nc1ccc(C)cc1C. The summed E-state index contributed by atoms with van der Waals surface area (Å²) in [6.45, 7) is 6.04. The molecule has 0 unspecified atom stereocenters. The average Bonchev–Trinajstić information content (AvgIpc) is 2.41. The molecule has 1 amide bonds. The van der Waals surface area contributed by atoms with Crippen molar-refractivity contribution in [3.8, 4) is 0 Å². The van der Waals surface area contributed by atoms with Gasteiger partial charge >= 0.3 is 0 Å². The zero-order valence-electron chi connectivity index (χ0n) is 12.4. The van der Waals surface area contributed by atoms with Crippen LogP contribution in [0.5, 0.6) is 0 Å². The second-order valence-corrected chi connectivity index (χ2v) is 5.07. The van der Waals surface area contributed by atoms with Crippen molar-refractivity contribution < 1.29 is 4.79 Å². The molecule has 0 radical (unpaired) electrons. The van der Waals surface area contributed by atoms with Crippen LogP contribution in [-0.2, 0) is 0 Å². The molecule has 2 N–H and O–H groups in total. The standard InChI is InChI=1S/C17H20N2O/c1-11-6-8-15(13(3)9-11)19-17(20)14-7-5-12(2)10-16(14)18-4/h5-10,18H,1-4H3,(H,19,20). The third-order valence-corrected chi connectivity index (χ3v) is 3.32. The molecule has 2 aromatic rings. The second kappa shape index (κ2) is 5.78. The molecule has 0 atom stereocenters. The quantitative estimate of drug-likeness (QED) is 0.886. The van der Waals surface area contributed by atoms with Gasteiger partial charge in [-0.1, -0.05) is 23.8 Å². The van der Waals surface area contributed by atoms with Gasteiger partial charge in [-0.3, -0.25) is 4.79 Å². The van der Waals surface area contributed by atoms with Gasteiger partial charge in [-0.15, -0.1) is 0 Å². The lowest BCUT2D eigenvalue weighted by atomic mass is 10.1. The largest absolute Gasteiger partial charge is 0.387 e. The normalized spacial score (nSPS) is 10.2. The lowest BCUT2D eigenvalue weighted by Gasteiger charge is -2.12. The first-order valence-electron chi connectivity index (χ1n) is 6.68. The highest BCUT2D eigenvalue weighted by molar-refractivity contribution is 6.08. The molecule has 2 rings (SSSR count). The summed E-state index contributed by atoms with van der Waals surface area (Å²) in [6.07, 6.45) is 0. The number of aryl methyl sites for hydroxylation is 3. The molecule has 0 aliphatic heterocycles. The minimum Gasteiger partial charge on any atom is -0.387 e. The van der Waals surface area contributed by atoms with Crippen molar-refractivity contribution in [1.82, 2.24) is 0 Å². The molecule has 3 nitrogen and oxygen atoms in total. The summed E-state index contributed by atoms with van der Waals surface area (Å²) in [5, 5.41) is 6.03. The molecule has 0 saturated heterocycles. The highest BCUT2D eigenvalue weighted by Gasteiger charge is 2.12. The maximum atomic E-state index is 12.4. The van der Waals surface area contributed by atoms with E-state index in [4.69, 9.17) is 0 Å². The van der Waals surface area contributed by atoms with Crippen molar-refractivity contribution in [3.63, 3.8) is 0 Å². The Morgan fingerprint density at radius 2 is 1.55 bits per heavy atom. The number of hydrogen-bond acceptors (Lipinski definition) is 2. The van der Waals surface area contributed by atoms with Crippen LogP contribution in [0.3, 0.4) is 0 Å². The van der Waals surface area contributed by atoms with Crippen LogP contribution in [-0.4, -0.2) is 13.0 Å². The van der Waals surface area contributed by atoms with Crippen LogP contribution < -0.4 is 10.6 Å². The Morgan fingerprint density at radius 1 is 0.900 bits per heavy atom. The van der Waals surface area contributed by atoms with Crippen molar-refractivity contribution in [2.24, 2.45) is 0 Å². The van der Waals surface area contributed by atoms with Gasteiger partial charge in [0, 0.05) is 18.4 Å². The number of amides is 1. The van der Waals surface area contributed by atoms with Crippen LogP contribution in [0.2, 0.25) is 0 Å². The van der Waals surface area contributed by atoms with Gasteiger partial charge in [-0.25, -0.2) is 0 Å². The van der Waals surface area contributed by atoms with Crippen LogP contribution >= 0.6 is 0 Å². The smallest absolute Gasteiger partial charge is 0.257 e. The first kappa shape index (κ1) is 14.1. The lowest BCUT2D eigenvalue weighted by molar-refractivity contribution is 0.102. The maximum absolute atomic E-state index is 12.4. The van der Waals surface area contributed by atoms with Gasteiger partial charge in [0.2, 0.25) is 0 Å². The van der Waals surface area contributed by atoms with Crippen LogP contribution in [0.4, 0.5) is 11.4 Å². The minimum atomic E-state index is -0.0960. The summed E-state index contributed by atoms with van der Waals surface area (Å²) in [7, 11) is 1.82. The van der Waals surface area contributed by atoms with E-state index in [9.17, 15) is 4.79 Å². The number of anilines is 2. The lowest BCUT2D eigenvalue weighted by Crippen LogP contribution is -2.14. The number of nitrogens with one attached hydrogen (secondary N) is 2. The highest BCUT2D eigenvalue weighted by Crippen LogP contribution is 2.21. The van der Waals surface area contributed by atoms with Crippen molar-refractivity contribution in [3.05, 3.63) is 58.7 Å². The van der Waals surface area contributed by atoms with Gasteiger partial charge in [-0.2, -0.15) is 0 Å². The number of carbonyl (C=O) groups is 1. The fourth-order valence-electron chi connectivity index (χ4n) is 2.21. The minimum absolute atomic E-state index is 0.0960. The van der Waals surface area contributed by atoms with Crippen LogP contribution in [0.25, 0.3) is 0 Å². The second-order valence-electron chi connectivity index (χ2n) is 5.07. The van der Waals surface area contributed by atoms with Crippen molar-refractivity contribution in [1.29, 1.82) is 0 Å². The number of rotatable bonds is 3. The number of carbonyl (C=O) groups excluding carboxylic acids is 1. The van der Waals surface area contributed by atoms with E-state index in [1.165, 1.54) is 5.56 Å². The molecule has 3 heteroatoms. The Balaban J connectivity index is 2.28. The predicted octanol–water partition coefficient (Wildman–Crippen LogP) is 3.91. The van der Waals surface area contributed by atoms with E-state index >= 15 is 0 Å². The van der Waals surface area contributed by atoms with Gasteiger partial charge in [0.15, 0.2) is 0 Å². The average molecular weight is 268 g/mol. The molecule has 0 heterocycles. The first-order chi connectivity index (χ1) is 9.51. The van der Waals surface area contributed by atoms with E-state index in [-0.39, 0.29) is 5.91 Å². The molecule has 0 aliphatic rings. The molecule has 0 spiro atoms. The molecular formula is C17H20N2O. The van der Waals surface area contributed by atoms with E-state index < -0.39 is 0 Å². The number of hydrogen-bond donors (Lipinski definition) is 2. The monoisotopic (exact) mass is 268 g/mol. The van der Waals surface area contributed by atoms with E-state index in [2.05, 4.69) is 16.7 Å². The molecule has 0 fully saturated rings. The Morgan fingerprint density at radius 3 is 2.20 bits per heavy atom. The Labute approximate surface area is 120 Å². The topological polar surface area (TPSA) is 41.1 Å². The highest BCUT2D eigenvalue weighted by atomic mass is 16.1. The Bertz CT molecular complexity index is 647. The van der Waals surface area contributed by atoms with E-state index in [1.54, 1.807) is 0 Å². The molecule has 20 heavy (non-hydrogen) atoms. The third kappa shape index (κ3) is 2.99. The summed E-state index contributed by atoms with van der Waals surface area (Å²) < 4.78 is 0. The molecule has 0 aliphatic carbocycles. The van der Waals surface area contributed by atoms with Crippen molar-refractivity contribution >= 4 is 17.3 Å². The molecular weight excluding hydrogens is 248 g/mol. The fraction of sp³-hybridized carbons (Fsp3) is 0.235. The molecule has 2 aromatic carbocycles. The maximum Gasteiger partial charge on any atom is 0.257 e. The van der Waals surface area contributed by atoms with Crippen LogP contribution in [0.1, 0.15) is 27.0 Å². The third-order valence-electron chi connectivity index (χ3n) is 3.32. The molecule has 0 bridgehead atoms. The Hall–Kier alpha value is -2.29. The van der Waals surface area contributed by atoms with Gasteiger partial charge in [0.25, 0.3) is 5.91 Å². The van der Waals surface area contributed by atoms with E-state index in [0.717, 1.165) is 22.5 Å². The van der Waals surface area contributed by atoms with Gasteiger partial charge in [0.1, 0.15) is 0 Å². The number of benzene rings is 2. The summed E-state index contributed by atoms with van der Waals surface area (Å²) in [6, 6.07) is 11.8. The van der Waals surface area contributed by atoms with Crippen molar-refractivity contribution in [2.45, 2.75) is 20.8 Å². The van der Waals surface area contributed by atoms with Gasteiger partial charge in [0.05, 0.1) is 5.56 Å². The first-order valence-corrected chi connectivity index (χ1v) is 6.68. The fourth-order valence-corrected chi connectivity index (χ4v) is 2.21. The summed E-state index contributed by atoms with van der Waals surface area (Å²) >= 11 is 0. The summed E-state index contributed by atoms with van der Waals surface area (Å²) in [5.74, 6) is -0.0960. The summed E-state index contributed by atoms with van der Waals surface area (Å²) in [4.78, 5) is 12.4. The summed E-state index contributed by atoms with van der Waals surface area (Å²) in [5.41, 5.74) is 5.72. The molecule has 0 aromatic heterocycles. The van der Waals surface area contributed by atoms with Gasteiger partial charge < -0.3 is 10.6 Å². The molecule has 104 valence electrons. The van der Waals surface area contributed by atoms with Crippen LogP contribution in [0.15, 0.2) is 36.4 Å².